The number of allylic oxidation sites excluding steroid dienone is 2. The van der Waals surface area contributed by atoms with Crippen LogP contribution >= 0.6 is 0 Å². The summed E-state index contributed by atoms with van der Waals surface area (Å²) < 4.78 is 11.6. The van der Waals surface area contributed by atoms with Crippen molar-refractivity contribution in [1.82, 2.24) is 0 Å². The second-order valence-corrected chi connectivity index (χ2v) is 6.01. The third-order valence-corrected chi connectivity index (χ3v) is 5.08. The van der Waals surface area contributed by atoms with Crippen LogP contribution < -0.4 is 0 Å². The van der Waals surface area contributed by atoms with E-state index >= 15 is 0 Å². The van der Waals surface area contributed by atoms with Gasteiger partial charge in [-0.3, -0.25) is 4.79 Å². The van der Waals surface area contributed by atoms with E-state index in [-0.39, 0.29) is 29.5 Å². The summed E-state index contributed by atoms with van der Waals surface area (Å²) in [5.74, 6) is -0.238. The number of rotatable bonds is 2. The summed E-state index contributed by atoms with van der Waals surface area (Å²) in [7, 11) is 1.66. The van der Waals surface area contributed by atoms with Gasteiger partial charge in [0.05, 0.1) is 6.61 Å². The van der Waals surface area contributed by atoms with Crippen molar-refractivity contribution in [2.45, 2.75) is 11.7 Å². The summed E-state index contributed by atoms with van der Waals surface area (Å²) in [6, 6.07) is 10.2. The van der Waals surface area contributed by atoms with Crippen LogP contribution in [0.25, 0.3) is 0 Å². The van der Waals surface area contributed by atoms with Crippen LogP contribution in [0.2, 0.25) is 0 Å². The Bertz CT molecular complexity index is 619. The number of benzene rings is 1. The average molecular weight is 282 g/mol. The van der Waals surface area contributed by atoms with Crippen LogP contribution in [-0.2, 0) is 14.3 Å². The lowest BCUT2D eigenvalue weighted by Gasteiger charge is -2.43. The molecule has 0 unspecified atom stereocenters. The molecule has 3 heteroatoms. The molecule has 3 nitrogen and oxygen atoms in total. The fourth-order valence-corrected chi connectivity index (χ4v) is 4.10. The van der Waals surface area contributed by atoms with Crippen LogP contribution in [0.1, 0.15) is 11.5 Å². The Morgan fingerprint density at radius 1 is 1.24 bits per heavy atom. The summed E-state index contributed by atoms with van der Waals surface area (Å²) in [4.78, 5) is 12.6. The number of hydrogen-bond acceptors (Lipinski definition) is 3. The monoisotopic (exact) mass is 282 g/mol. The van der Waals surface area contributed by atoms with Gasteiger partial charge in [0.15, 0.2) is 11.6 Å². The average Bonchev–Trinajstić information content (AvgIpc) is 2.92. The van der Waals surface area contributed by atoms with Crippen LogP contribution in [0.3, 0.4) is 0 Å². The van der Waals surface area contributed by atoms with Crippen LogP contribution in [0.4, 0.5) is 0 Å². The predicted molar refractivity (Wildman–Crippen MR) is 78.6 cm³/mol. The van der Waals surface area contributed by atoms with E-state index in [1.807, 2.05) is 18.2 Å². The van der Waals surface area contributed by atoms with Crippen molar-refractivity contribution in [1.29, 1.82) is 0 Å². The summed E-state index contributed by atoms with van der Waals surface area (Å²) in [5, 5.41) is 0. The lowest BCUT2D eigenvalue weighted by molar-refractivity contribution is -0.193. The van der Waals surface area contributed by atoms with Gasteiger partial charge in [0.25, 0.3) is 0 Å². The van der Waals surface area contributed by atoms with Crippen molar-refractivity contribution in [2.75, 3.05) is 13.7 Å². The molecule has 0 bridgehead atoms. The van der Waals surface area contributed by atoms with Crippen LogP contribution in [0, 0.1) is 17.8 Å². The molecule has 0 saturated carbocycles. The van der Waals surface area contributed by atoms with Gasteiger partial charge in [-0.25, -0.2) is 0 Å². The third-order valence-electron chi connectivity index (χ3n) is 5.08. The molecule has 1 aromatic carbocycles. The molecule has 108 valence electrons. The fourth-order valence-electron chi connectivity index (χ4n) is 4.10. The normalized spacial score (nSPS) is 40.3. The van der Waals surface area contributed by atoms with Gasteiger partial charge >= 0.3 is 0 Å². The second kappa shape index (κ2) is 4.65. The van der Waals surface area contributed by atoms with Gasteiger partial charge in [0.2, 0.25) is 0 Å². The van der Waals surface area contributed by atoms with Gasteiger partial charge in [-0.05, 0) is 17.7 Å². The Labute approximate surface area is 124 Å². The molecular weight excluding hydrogens is 264 g/mol. The van der Waals surface area contributed by atoms with Gasteiger partial charge < -0.3 is 9.47 Å². The first kappa shape index (κ1) is 13.0. The fraction of sp³-hybridized carbons (Fsp3) is 0.389. The van der Waals surface area contributed by atoms with Crippen molar-refractivity contribution in [3.05, 3.63) is 60.2 Å². The van der Waals surface area contributed by atoms with Gasteiger partial charge in [-0.1, -0.05) is 42.5 Å². The van der Waals surface area contributed by atoms with Crippen LogP contribution in [0.15, 0.2) is 54.6 Å². The Hall–Kier alpha value is -1.71. The Morgan fingerprint density at radius 2 is 2.05 bits per heavy atom. The quantitative estimate of drug-likeness (QED) is 0.782. The maximum Gasteiger partial charge on any atom is 0.192 e. The van der Waals surface area contributed by atoms with Gasteiger partial charge in [-0.2, -0.15) is 0 Å². The molecule has 1 fully saturated rings. The summed E-state index contributed by atoms with van der Waals surface area (Å²) >= 11 is 0. The molecule has 1 aliphatic heterocycles. The number of carbonyl (C=O) groups is 1. The number of carbonyl (C=O) groups excluding carboxylic acids is 1. The van der Waals surface area contributed by atoms with Crippen molar-refractivity contribution >= 4 is 5.78 Å². The largest absolute Gasteiger partial charge is 0.349 e. The van der Waals surface area contributed by atoms with Crippen molar-refractivity contribution in [2.24, 2.45) is 17.8 Å². The molecule has 0 spiro atoms. The molecule has 0 N–H and O–H groups in total. The maximum atomic E-state index is 12.6. The number of ether oxygens (including phenoxy) is 2. The van der Waals surface area contributed by atoms with E-state index in [4.69, 9.17) is 9.47 Å². The zero-order chi connectivity index (χ0) is 14.4. The summed E-state index contributed by atoms with van der Waals surface area (Å²) in [6.45, 7) is 0.616. The Balaban J connectivity index is 1.82. The van der Waals surface area contributed by atoms with Gasteiger partial charge in [0.1, 0.15) is 0 Å². The molecular formula is C18H18O3. The van der Waals surface area contributed by atoms with E-state index in [9.17, 15) is 4.79 Å². The topological polar surface area (TPSA) is 35.5 Å². The first-order valence-corrected chi connectivity index (χ1v) is 7.40. The molecule has 1 aromatic rings. The first-order chi connectivity index (χ1) is 10.2. The van der Waals surface area contributed by atoms with E-state index < -0.39 is 5.79 Å². The minimum Gasteiger partial charge on any atom is -0.349 e. The minimum atomic E-state index is -0.735. The van der Waals surface area contributed by atoms with E-state index in [0.29, 0.717) is 6.61 Å². The van der Waals surface area contributed by atoms with Crippen molar-refractivity contribution in [3.8, 4) is 0 Å². The van der Waals surface area contributed by atoms with E-state index in [1.165, 1.54) is 5.56 Å². The molecule has 0 amide bonds. The van der Waals surface area contributed by atoms with Crippen molar-refractivity contribution in [3.63, 3.8) is 0 Å². The SMILES string of the molecule is CO[C@@]12C=CC(=O)[C@H]3[C@@H]1[C@H](C=C[C@H]3c1ccccc1)CO2. The predicted octanol–water partition coefficient (Wildman–Crippen LogP) is 2.70. The smallest absolute Gasteiger partial charge is 0.192 e. The number of methoxy groups -OCH3 is 1. The maximum absolute atomic E-state index is 12.6. The summed E-state index contributed by atoms with van der Waals surface area (Å²) in [5.41, 5.74) is 1.18. The Kier molecular flexibility index (Phi) is 2.88. The number of ketones is 1. The van der Waals surface area contributed by atoms with E-state index in [1.54, 1.807) is 19.3 Å². The van der Waals surface area contributed by atoms with Gasteiger partial charge in [-0.15, -0.1) is 0 Å². The lowest BCUT2D eigenvalue weighted by atomic mass is 9.63. The highest BCUT2D eigenvalue weighted by Crippen LogP contribution is 2.53. The van der Waals surface area contributed by atoms with Gasteiger partial charge in [0, 0.05) is 30.8 Å². The second-order valence-electron chi connectivity index (χ2n) is 6.01. The molecule has 1 heterocycles. The standard InChI is InChI=1S/C18H18O3/c1-20-18-10-9-15(19)16-14(12-5-3-2-4-6-12)8-7-13(11-21-18)17(16)18/h2-10,13-14,16-17H,11H2,1H3/t13-,14+,16+,17+,18-/m1/s1. The molecule has 0 aromatic heterocycles. The molecule has 3 aliphatic rings. The van der Waals surface area contributed by atoms with Crippen LogP contribution in [0.5, 0.6) is 0 Å². The highest BCUT2D eigenvalue weighted by molar-refractivity contribution is 5.94. The minimum absolute atomic E-state index is 0.0650. The van der Waals surface area contributed by atoms with E-state index in [0.717, 1.165) is 0 Å². The molecule has 5 atom stereocenters. The highest BCUT2D eigenvalue weighted by atomic mass is 16.7. The molecule has 1 saturated heterocycles. The first-order valence-electron chi connectivity index (χ1n) is 7.40. The molecule has 0 radical (unpaired) electrons. The van der Waals surface area contributed by atoms with Crippen molar-refractivity contribution < 1.29 is 14.3 Å². The number of hydrogen-bond donors (Lipinski definition) is 0. The zero-order valence-electron chi connectivity index (χ0n) is 11.9. The third kappa shape index (κ3) is 1.78. The Morgan fingerprint density at radius 3 is 2.81 bits per heavy atom. The van der Waals surface area contributed by atoms with Crippen LogP contribution in [-0.4, -0.2) is 25.3 Å². The molecule has 21 heavy (non-hydrogen) atoms. The highest BCUT2D eigenvalue weighted by Gasteiger charge is 2.58. The van der Waals surface area contributed by atoms with E-state index in [2.05, 4.69) is 24.3 Å². The zero-order valence-corrected chi connectivity index (χ0v) is 11.9. The molecule has 2 aliphatic carbocycles. The lowest BCUT2D eigenvalue weighted by Crippen LogP contribution is -2.49. The molecule has 4 rings (SSSR count). The summed E-state index contributed by atoms with van der Waals surface area (Å²) in [6.07, 6.45) is 7.82.